The molecule has 0 radical (unpaired) electrons. The average molecular weight is 195 g/mol. The molecule has 14 heavy (non-hydrogen) atoms. The topological polar surface area (TPSA) is 20.3 Å². The summed E-state index contributed by atoms with van der Waals surface area (Å²) in [5.41, 5.74) is 0.972. The maximum absolute atomic E-state index is 11.2. The first-order chi connectivity index (χ1) is 6.37. The van der Waals surface area contributed by atoms with Gasteiger partial charge in [0.15, 0.2) is 0 Å². The van der Waals surface area contributed by atoms with Crippen molar-refractivity contribution in [3.05, 3.63) is 0 Å². The Bertz CT molecular complexity index is 266. The fourth-order valence-electron chi connectivity index (χ4n) is 3.20. The Kier molecular flexibility index (Phi) is 1.96. The van der Waals surface area contributed by atoms with Crippen molar-refractivity contribution in [2.75, 3.05) is 13.1 Å². The van der Waals surface area contributed by atoms with E-state index in [1.54, 1.807) is 6.92 Å². The third-order valence-corrected chi connectivity index (χ3v) is 4.44. The molecule has 2 aliphatic rings. The minimum Gasteiger partial charge on any atom is -0.343 e. The van der Waals surface area contributed by atoms with Crippen LogP contribution >= 0.6 is 0 Å². The minimum atomic E-state index is 0.249. The van der Waals surface area contributed by atoms with Crippen molar-refractivity contribution < 1.29 is 4.79 Å². The zero-order valence-corrected chi connectivity index (χ0v) is 9.76. The predicted octanol–water partition coefficient (Wildman–Crippen LogP) is 2.29. The molecule has 1 heterocycles. The quantitative estimate of drug-likeness (QED) is 0.581. The number of carbonyl (C=O) groups is 1. The van der Waals surface area contributed by atoms with E-state index in [1.807, 2.05) is 4.90 Å². The van der Waals surface area contributed by atoms with Crippen molar-refractivity contribution in [3.63, 3.8) is 0 Å². The van der Waals surface area contributed by atoms with Gasteiger partial charge in [0.05, 0.1) is 0 Å². The molecule has 2 heteroatoms. The van der Waals surface area contributed by atoms with Gasteiger partial charge in [-0.05, 0) is 29.6 Å². The maximum Gasteiger partial charge on any atom is 0.219 e. The molecule has 0 aromatic carbocycles. The minimum absolute atomic E-state index is 0.249. The molecule has 2 rings (SSSR count). The van der Waals surface area contributed by atoms with Gasteiger partial charge < -0.3 is 4.90 Å². The number of likely N-dealkylation sites (tertiary alicyclic amines) is 1. The molecule has 0 aromatic heterocycles. The summed E-state index contributed by atoms with van der Waals surface area (Å²) < 4.78 is 0. The lowest BCUT2D eigenvalue weighted by molar-refractivity contribution is -0.130. The number of hydrogen-bond donors (Lipinski definition) is 0. The molecule has 2 unspecified atom stereocenters. The smallest absolute Gasteiger partial charge is 0.219 e. The highest BCUT2D eigenvalue weighted by Gasteiger charge is 2.62. The number of amides is 1. The van der Waals surface area contributed by atoms with Crippen molar-refractivity contribution in [2.45, 2.75) is 40.5 Å². The van der Waals surface area contributed by atoms with Crippen molar-refractivity contribution in [2.24, 2.45) is 16.7 Å². The second-order valence-corrected chi connectivity index (χ2v) is 6.02. The molecule has 0 spiro atoms. The van der Waals surface area contributed by atoms with Gasteiger partial charge in [-0.3, -0.25) is 4.79 Å². The van der Waals surface area contributed by atoms with Crippen LogP contribution in [0.1, 0.15) is 40.5 Å². The molecule has 2 nitrogen and oxygen atoms in total. The normalized spacial score (nSPS) is 36.6. The van der Waals surface area contributed by atoms with Crippen LogP contribution in [0.2, 0.25) is 0 Å². The van der Waals surface area contributed by atoms with Gasteiger partial charge in [-0.15, -0.1) is 0 Å². The third-order valence-electron chi connectivity index (χ3n) is 4.44. The second kappa shape index (κ2) is 2.74. The molecular formula is C12H21NO. The number of rotatable bonds is 0. The summed E-state index contributed by atoms with van der Waals surface area (Å²) >= 11 is 0. The van der Waals surface area contributed by atoms with Crippen LogP contribution < -0.4 is 0 Å². The highest BCUT2D eigenvalue weighted by Crippen LogP contribution is 2.67. The van der Waals surface area contributed by atoms with Crippen molar-refractivity contribution in [1.82, 2.24) is 4.90 Å². The van der Waals surface area contributed by atoms with E-state index in [2.05, 4.69) is 20.8 Å². The van der Waals surface area contributed by atoms with E-state index < -0.39 is 0 Å². The van der Waals surface area contributed by atoms with Gasteiger partial charge in [-0.1, -0.05) is 20.8 Å². The van der Waals surface area contributed by atoms with Crippen molar-refractivity contribution in [3.8, 4) is 0 Å². The number of fused-ring (bicyclic) bond motifs is 1. The highest BCUT2D eigenvalue weighted by molar-refractivity contribution is 5.73. The van der Waals surface area contributed by atoms with Crippen LogP contribution in [0.15, 0.2) is 0 Å². The van der Waals surface area contributed by atoms with Gasteiger partial charge in [-0.25, -0.2) is 0 Å². The van der Waals surface area contributed by atoms with Crippen LogP contribution in [-0.4, -0.2) is 23.9 Å². The monoisotopic (exact) mass is 195 g/mol. The standard InChI is InChI=1S/C12H21NO/c1-9(14)13-6-5-12(11(2,3)4)7-10(12)8-13/h10H,5-8H2,1-4H3. The molecule has 2 fully saturated rings. The van der Waals surface area contributed by atoms with Crippen molar-refractivity contribution in [1.29, 1.82) is 0 Å². The van der Waals surface area contributed by atoms with Crippen LogP contribution in [0.5, 0.6) is 0 Å². The Labute approximate surface area is 86.7 Å². The van der Waals surface area contributed by atoms with E-state index >= 15 is 0 Å². The maximum atomic E-state index is 11.2. The fourth-order valence-corrected chi connectivity index (χ4v) is 3.20. The summed E-state index contributed by atoms with van der Waals surface area (Å²) in [6.45, 7) is 10.7. The summed E-state index contributed by atoms with van der Waals surface area (Å²) in [5.74, 6) is 1.03. The Morgan fingerprint density at radius 3 is 2.50 bits per heavy atom. The number of piperidine rings is 1. The Hall–Kier alpha value is -0.530. The number of carbonyl (C=O) groups excluding carboxylic acids is 1. The second-order valence-electron chi connectivity index (χ2n) is 6.02. The summed E-state index contributed by atoms with van der Waals surface area (Å²) in [5, 5.41) is 0. The Morgan fingerprint density at radius 1 is 1.43 bits per heavy atom. The fraction of sp³-hybridized carbons (Fsp3) is 0.917. The first-order valence-corrected chi connectivity index (χ1v) is 5.62. The van der Waals surface area contributed by atoms with Crippen molar-refractivity contribution >= 4 is 5.91 Å². The van der Waals surface area contributed by atoms with Crippen LogP contribution in [0, 0.1) is 16.7 Å². The van der Waals surface area contributed by atoms with Gasteiger partial charge in [0.1, 0.15) is 0 Å². The summed E-state index contributed by atoms with van der Waals surface area (Å²) in [6.07, 6.45) is 2.54. The lowest BCUT2D eigenvalue weighted by Crippen LogP contribution is -2.41. The van der Waals surface area contributed by atoms with E-state index in [0.29, 0.717) is 10.8 Å². The molecule has 1 saturated heterocycles. The molecule has 1 amide bonds. The largest absolute Gasteiger partial charge is 0.343 e. The third kappa shape index (κ3) is 1.27. The van der Waals surface area contributed by atoms with Crippen LogP contribution in [0.3, 0.4) is 0 Å². The lowest BCUT2D eigenvalue weighted by Gasteiger charge is -2.39. The highest BCUT2D eigenvalue weighted by atomic mass is 16.2. The van der Waals surface area contributed by atoms with Crippen LogP contribution in [-0.2, 0) is 4.79 Å². The van der Waals surface area contributed by atoms with Gasteiger partial charge in [0.2, 0.25) is 5.91 Å². The summed E-state index contributed by atoms with van der Waals surface area (Å²) in [4.78, 5) is 13.3. The van der Waals surface area contributed by atoms with E-state index in [1.165, 1.54) is 12.8 Å². The summed E-state index contributed by atoms with van der Waals surface area (Å²) in [6, 6.07) is 0. The average Bonchev–Trinajstić information content (AvgIpc) is 2.75. The lowest BCUT2D eigenvalue weighted by atomic mass is 9.72. The first-order valence-electron chi connectivity index (χ1n) is 5.62. The molecule has 0 N–H and O–H groups in total. The van der Waals surface area contributed by atoms with E-state index in [-0.39, 0.29) is 5.91 Å². The Balaban J connectivity index is 2.05. The van der Waals surface area contributed by atoms with E-state index in [4.69, 9.17) is 0 Å². The van der Waals surface area contributed by atoms with E-state index in [0.717, 1.165) is 19.0 Å². The molecule has 0 bridgehead atoms. The predicted molar refractivity (Wildman–Crippen MR) is 56.9 cm³/mol. The first kappa shape index (κ1) is 10.0. The molecule has 80 valence electrons. The molecule has 1 aliphatic heterocycles. The molecular weight excluding hydrogens is 174 g/mol. The zero-order chi connectivity index (χ0) is 10.6. The van der Waals surface area contributed by atoms with Crippen LogP contribution in [0.25, 0.3) is 0 Å². The van der Waals surface area contributed by atoms with Gasteiger partial charge in [-0.2, -0.15) is 0 Å². The van der Waals surface area contributed by atoms with Gasteiger partial charge >= 0.3 is 0 Å². The van der Waals surface area contributed by atoms with E-state index in [9.17, 15) is 4.79 Å². The van der Waals surface area contributed by atoms with Crippen LogP contribution in [0.4, 0.5) is 0 Å². The molecule has 1 aliphatic carbocycles. The number of nitrogens with zero attached hydrogens (tertiary/aromatic N) is 1. The number of hydrogen-bond acceptors (Lipinski definition) is 1. The van der Waals surface area contributed by atoms with Gasteiger partial charge in [0, 0.05) is 20.0 Å². The molecule has 1 saturated carbocycles. The Morgan fingerprint density at radius 2 is 2.07 bits per heavy atom. The summed E-state index contributed by atoms with van der Waals surface area (Å²) in [7, 11) is 0. The molecule has 2 atom stereocenters. The zero-order valence-electron chi connectivity index (χ0n) is 9.76. The SMILES string of the molecule is CC(=O)N1CCC2(C(C)(C)C)CC2C1. The molecule has 0 aromatic rings. The van der Waals surface area contributed by atoms with Gasteiger partial charge in [0.25, 0.3) is 0 Å².